The van der Waals surface area contributed by atoms with E-state index < -0.39 is 0 Å². The monoisotopic (exact) mass is 292 g/mol. The van der Waals surface area contributed by atoms with Crippen LogP contribution in [0.15, 0.2) is 18.3 Å². The van der Waals surface area contributed by atoms with Gasteiger partial charge in [-0.25, -0.2) is 4.98 Å². The Hall–Kier alpha value is -1.62. The van der Waals surface area contributed by atoms with Crippen molar-refractivity contribution in [3.05, 3.63) is 23.9 Å². The van der Waals surface area contributed by atoms with Crippen LogP contribution in [-0.2, 0) is 0 Å². The third kappa shape index (κ3) is 6.58. The molecule has 0 aromatic carbocycles. The van der Waals surface area contributed by atoms with Crippen LogP contribution in [0.1, 0.15) is 44.0 Å². The number of hydrogen-bond donors (Lipinski definition) is 2. The quantitative estimate of drug-likeness (QED) is 0.650. The predicted molar refractivity (Wildman–Crippen MR) is 87.8 cm³/mol. The number of nitrogens with zero attached hydrogens (tertiary/aromatic N) is 2. The van der Waals surface area contributed by atoms with E-state index in [2.05, 4.69) is 41.3 Å². The minimum absolute atomic E-state index is 0.0310. The Bertz CT molecular complexity index is 418. The number of amides is 1. The van der Waals surface area contributed by atoms with Gasteiger partial charge in [0.2, 0.25) is 0 Å². The van der Waals surface area contributed by atoms with Crippen molar-refractivity contribution in [2.24, 2.45) is 0 Å². The van der Waals surface area contributed by atoms with Crippen LogP contribution in [0.3, 0.4) is 0 Å². The van der Waals surface area contributed by atoms with Crippen LogP contribution < -0.4 is 10.6 Å². The van der Waals surface area contributed by atoms with Crippen molar-refractivity contribution < 1.29 is 4.79 Å². The van der Waals surface area contributed by atoms with Crippen molar-refractivity contribution >= 4 is 11.7 Å². The summed E-state index contributed by atoms with van der Waals surface area (Å²) in [5.41, 5.74) is 0.659. The van der Waals surface area contributed by atoms with Crippen molar-refractivity contribution in [2.45, 2.75) is 33.6 Å². The van der Waals surface area contributed by atoms with E-state index in [9.17, 15) is 4.79 Å². The van der Waals surface area contributed by atoms with Crippen LogP contribution in [0.25, 0.3) is 0 Å². The van der Waals surface area contributed by atoms with Crippen LogP contribution in [0, 0.1) is 0 Å². The zero-order chi connectivity index (χ0) is 15.5. The molecule has 1 rings (SSSR count). The van der Waals surface area contributed by atoms with Crippen LogP contribution in [-0.4, -0.2) is 48.5 Å². The third-order valence-electron chi connectivity index (χ3n) is 3.41. The molecule has 5 heteroatoms. The van der Waals surface area contributed by atoms with Crippen molar-refractivity contribution in [3.8, 4) is 0 Å². The maximum Gasteiger partial charge on any atom is 0.251 e. The lowest BCUT2D eigenvalue weighted by Gasteiger charge is -2.17. The van der Waals surface area contributed by atoms with E-state index in [0.29, 0.717) is 12.1 Å². The molecule has 0 saturated carbocycles. The topological polar surface area (TPSA) is 57.3 Å². The molecule has 1 aromatic rings. The second-order valence-corrected chi connectivity index (χ2v) is 4.99. The number of carbonyl (C=O) groups excluding carboxylic acids is 1. The van der Waals surface area contributed by atoms with Gasteiger partial charge in [0.05, 0.1) is 0 Å². The highest BCUT2D eigenvalue weighted by Crippen LogP contribution is 2.06. The SMILES string of the molecule is CCCNc1cc(C(=O)NCCCN(CC)CC)ccn1. The number of carbonyl (C=O) groups is 1. The first-order chi connectivity index (χ1) is 10.2. The molecular formula is C16H28N4O. The van der Waals surface area contributed by atoms with Crippen molar-refractivity contribution in [2.75, 3.05) is 38.0 Å². The van der Waals surface area contributed by atoms with Gasteiger partial charge in [-0.15, -0.1) is 0 Å². The molecule has 0 saturated heterocycles. The predicted octanol–water partition coefficient (Wildman–Crippen LogP) is 2.37. The Morgan fingerprint density at radius 1 is 1.24 bits per heavy atom. The van der Waals surface area contributed by atoms with E-state index in [-0.39, 0.29) is 5.91 Å². The molecule has 0 spiro atoms. The van der Waals surface area contributed by atoms with Gasteiger partial charge in [0.1, 0.15) is 5.82 Å². The number of rotatable bonds is 10. The van der Waals surface area contributed by atoms with E-state index in [0.717, 1.165) is 44.8 Å². The minimum atomic E-state index is -0.0310. The molecule has 1 amide bonds. The molecule has 0 aliphatic carbocycles. The van der Waals surface area contributed by atoms with Gasteiger partial charge in [-0.05, 0) is 44.6 Å². The second kappa shape index (κ2) is 10.2. The molecule has 118 valence electrons. The highest BCUT2D eigenvalue weighted by atomic mass is 16.1. The maximum atomic E-state index is 12.1. The Balaban J connectivity index is 2.37. The summed E-state index contributed by atoms with van der Waals surface area (Å²) in [4.78, 5) is 18.6. The standard InChI is InChI=1S/C16H28N4O/c1-4-9-17-15-13-14(8-11-18-15)16(21)19-10-7-12-20(5-2)6-3/h8,11,13H,4-7,9-10,12H2,1-3H3,(H,17,18)(H,19,21). The lowest BCUT2D eigenvalue weighted by molar-refractivity contribution is 0.0952. The highest BCUT2D eigenvalue weighted by molar-refractivity contribution is 5.94. The number of nitrogens with one attached hydrogen (secondary N) is 2. The molecule has 0 radical (unpaired) electrons. The average Bonchev–Trinajstić information content (AvgIpc) is 2.53. The summed E-state index contributed by atoms with van der Waals surface area (Å²) in [6.45, 7) is 11.1. The largest absolute Gasteiger partial charge is 0.370 e. The van der Waals surface area contributed by atoms with Gasteiger partial charge < -0.3 is 15.5 Å². The van der Waals surface area contributed by atoms with Crippen molar-refractivity contribution in [3.63, 3.8) is 0 Å². The fraction of sp³-hybridized carbons (Fsp3) is 0.625. The first-order valence-electron chi connectivity index (χ1n) is 7.91. The summed E-state index contributed by atoms with van der Waals surface area (Å²) in [7, 11) is 0. The van der Waals surface area contributed by atoms with Gasteiger partial charge in [-0.1, -0.05) is 20.8 Å². The van der Waals surface area contributed by atoms with Gasteiger partial charge in [0.15, 0.2) is 0 Å². The lowest BCUT2D eigenvalue weighted by atomic mass is 10.2. The molecule has 1 aromatic heterocycles. The first kappa shape index (κ1) is 17.4. The van der Waals surface area contributed by atoms with E-state index in [4.69, 9.17) is 0 Å². The number of anilines is 1. The Kier molecular flexibility index (Phi) is 8.43. The van der Waals surface area contributed by atoms with E-state index >= 15 is 0 Å². The maximum absolute atomic E-state index is 12.1. The Morgan fingerprint density at radius 2 is 2.00 bits per heavy atom. The molecule has 0 aliphatic rings. The van der Waals surface area contributed by atoms with Crippen molar-refractivity contribution in [1.29, 1.82) is 0 Å². The van der Waals surface area contributed by atoms with Crippen molar-refractivity contribution in [1.82, 2.24) is 15.2 Å². The number of aromatic nitrogens is 1. The molecule has 5 nitrogen and oxygen atoms in total. The minimum Gasteiger partial charge on any atom is -0.370 e. The molecular weight excluding hydrogens is 264 g/mol. The van der Waals surface area contributed by atoms with E-state index in [1.165, 1.54) is 0 Å². The van der Waals surface area contributed by atoms with Crippen LogP contribution >= 0.6 is 0 Å². The lowest BCUT2D eigenvalue weighted by Crippen LogP contribution is -2.30. The van der Waals surface area contributed by atoms with E-state index in [1.54, 1.807) is 18.3 Å². The molecule has 0 unspecified atom stereocenters. The third-order valence-corrected chi connectivity index (χ3v) is 3.41. The van der Waals surface area contributed by atoms with Gasteiger partial charge in [-0.2, -0.15) is 0 Å². The zero-order valence-electron chi connectivity index (χ0n) is 13.5. The molecule has 0 bridgehead atoms. The van der Waals surface area contributed by atoms with Gasteiger partial charge in [0.25, 0.3) is 5.91 Å². The molecule has 0 fully saturated rings. The fourth-order valence-corrected chi connectivity index (χ4v) is 2.07. The summed E-state index contributed by atoms with van der Waals surface area (Å²) in [5.74, 6) is 0.726. The molecule has 2 N–H and O–H groups in total. The fourth-order valence-electron chi connectivity index (χ4n) is 2.07. The summed E-state index contributed by atoms with van der Waals surface area (Å²) in [6, 6.07) is 3.55. The average molecular weight is 292 g/mol. The van der Waals surface area contributed by atoms with Crippen LogP contribution in [0.4, 0.5) is 5.82 Å². The Morgan fingerprint density at radius 3 is 2.67 bits per heavy atom. The van der Waals surface area contributed by atoms with E-state index in [1.807, 2.05) is 0 Å². The van der Waals surface area contributed by atoms with Gasteiger partial charge in [0, 0.05) is 24.8 Å². The number of hydrogen-bond acceptors (Lipinski definition) is 4. The van der Waals surface area contributed by atoms with Gasteiger partial charge >= 0.3 is 0 Å². The molecule has 0 atom stereocenters. The number of pyridine rings is 1. The molecule has 0 aliphatic heterocycles. The first-order valence-corrected chi connectivity index (χ1v) is 7.91. The summed E-state index contributed by atoms with van der Waals surface area (Å²) in [5, 5.41) is 6.15. The molecule has 1 heterocycles. The van der Waals surface area contributed by atoms with Gasteiger partial charge in [-0.3, -0.25) is 4.79 Å². The summed E-state index contributed by atoms with van der Waals surface area (Å²) in [6.07, 6.45) is 3.67. The highest BCUT2D eigenvalue weighted by Gasteiger charge is 2.06. The summed E-state index contributed by atoms with van der Waals surface area (Å²) < 4.78 is 0. The smallest absolute Gasteiger partial charge is 0.251 e. The normalized spacial score (nSPS) is 10.7. The summed E-state index contributed by atoms with van der Waals surface area (Å²) >= 11 is 0. The molecule has 21 heavy (non-hydrogen) atoms. The zero-order valence-corrected chi connectivity index (χ0v) is 13.5. The second-order valence-electron chi connectivity index (χ2n) is 4.99. The van der Waals surface area contributed by atoms with Crippen LogP contribution in [0.5, 0.6) is 0 Å². The van der Waals surface area contributed by atoms with Crippen LogP contribution in [0.2, 0.25) is 0 Å². The Labute approximate surface area is 128 Å².